The van der Waals surface area contributed by atoms with Crippen molar-refractivity contribution in [3.8, 4) is 5.88 Å². The van der Waals surface area contributed by atoms with Gasteiger partial charge in [-0.3, -0.25) is 9.20 Å². The number of carbonyl (C=O) groups is 1. The molecule has 0 radical (unpaired) electrons. The van der Waals surface area contributed by atoms with Crippen LogP contribution in [0.2, 0.25) is 0 Å². The maximum atomic E-state index is 12.9. The van der Waals surface area contributed by atoms with Crippen molar-refractivity contribution in [2.24, 2.45) is 17.3 Å². The minimum absolute atomic E-state index is 0.127. The average molecular weight is 372 g/mol. The molecule has 3 aromatic heterocycles. The zero-order valence-corrected chi connectivity index (χ0v) is 15.2. The molecule has 5 aromatic rings. The predicted octanol–water partition coefficient (Wildman–Crippen LogP) is 4.25. The van der Waals surface area contributed by atoms with Crippen molar-refractivity contribution in [2.75, 3.05) is 0 Å². The van der Waals surface area contributed by atoms with Gasteiger partial charge in [-0.05, 0) is 25.1 Å². The van der Waals surface area contributed by atoms with Gasteiger partial charge in [-0.2, -0.15) is 0 Å². The van der Waals surface area contributed by atoms with Crippen molar-refractivity contribution in [2.45, 2.75) is 6.92 Å². The zero-order valence-electron chi connectivity index (χ0n) is 15.2. The van der Waals surface area contributed by atoms with Crippen LogP contribution in [0.1, 0.15) is 16.2 Å². The number of benzene rings is 2. The van der Waals surface area contributed by atoms with Gasteiger partial charge in [0.15, 0.2) is 5.69 Å². The van der Waals surface area contributed by atoms with Crippen LogP contribution in [0.5, 0.6) is 5.88 Å². The highest BCUT2D eigenvalue weighted by molar-refractivity contribution is 5.98. The fourth-order valence-corrected chi connectivity index (χ4v) is 3.62. The molecular weight excluding hydrogens is 356 g/mol. The van der Waals surface area contributed by atoms with E-state index in [1.165, 1.54) is 0 Å². The van der Waals surface area contributed by atoms with Gasteiger partial charge in [0.05, 0.1) is 22.2 Å². The first-order chi connectivity index (χ1) is 13.6. The summed E-state index contributed by atoms with van der Waals surface area (Å²) in [4.78, 5) is 20.3. The molecule has 8 heteroatoms. The Hall–Kier alpha value is -3.94. The number of imidazole rings is 2. The fourth-order valence-electron chi connectivity index (χ4n) is 3.62. The summed E-state index contributed by atoms with van der Waals surface area (Å²) < 4.78 is 3.73. The fraction of sp³-hybridized carbons (Fsp3) is 0.100. The number of nitrogens with zero attached hydrogens (tertiary/aromatic N) is 5. The zero-order chi connectivity index (χ0) is 19.4. The van der Waals surface area contributed by atoms with Gasteiger partial charge < -0.3 is 14.7 Å². The molecule has 138 valence electrons. The van der Waals surface area contributed by atoms with Crippen molar-refractivity contribution < 1.29 is 9.90 Å². The molecule has 0 atom stereocenters. The molecule has 0 aliphatic carbocycles. The number of H-pyrrole nitrogens is 1. The number of nitrogens with one attached hydrogen (secondary N) is 1. The molecule has 0 bridgehead atoms. The first-order valence-corrected chi connectivity index (χ1v) is 8.74. The second kappa shape index (κ2) is 5.78. The number of fused-ring (bicyclic) bond motifs is 4. The summed E-state index contributed by atoms with van der Waals surface area (Å²) in [6.45, 7) is 1.77. The third-order valence-electron chi connectivity index (χ3n) is 4.92. The third-order valence-corrected chi connectivity index (χ3v) is 4.92. The van der Waals surface area contributed by atoms with Crippen LogP contribution in [-0.2, 0) is 7.05 Å². The summed E-state index contributed by atoms with van der Waals surface area (Å²) in [5.41, 5.74) is 3.72. The number of hydrogen-bond acceptors (Lipinski definition) is 4. The second-order valence-corrected chi connectivity index (χ2v) is 6.60. The van der Waals surface area contributed by atoms with Crippen molar-refractivity contribution in [3.05, 3.63) is 59.9 Å². The highest BCUT2D eigenvalue weighted by Crippen LogP contribution is 2.35. The number of aromatic hydroxyl groups is 1. The molecule has 3 heterocycles. The van der Waals surface area contributed by atoms with E-state index in [4.69, 9.17) is 0 Å². The Morgan fingerprint density at radius 3 is 2.64 bits per heavy atom. The normalized spacial score (nSPS) is 12.1. The van der Waals surface area contributed by atoms with E-state index in [2.05, 4.69) is 20.2 Å². The van der Waals surface area contributed by atoms with Gasteiger partial charge in [0.1, 0.15) is 5.69 Å². The number of carbonyl (C=O) groups excluding carboxylic acids is 1. The molecule has 0 unspecified atom stereocenters. The van der Waals surface area contributed by atoms with Gasteiger partial charge in [-0.25, -0.2) is 4.98 Å². The van der Waals surface area contributed by atoms with Crippen molar-refractivity contribution in [3.63, 3.8) is 0 Å². The number of amides is 1. The van der Waals surface area contributed by atoms with E-state index in [9.17, 15) is 9.90 Å². The number of para-hydroxylation sites is 3. The van der Waals surface area contributed by atoms with E-state index in [1.54, 1.807) is 17.4 Å². The topological polar surface area (TPSA) is 100 Å². The third kappa shape index (κ3) is 2.18. The highest BCUT2D eigenvalue weighted by Gasteiger charge is 2.22. The van der Waals surface area contributed by atoms with Crippen LogP contribution in [0.25, 0.3) is 27.7 Å². The molecular formula is C20H16N6O2. The quantitative estimate of drug-likeness (QED) is 0.453. The Balaban J connectivity index is 1.65. The van der Waals surface area contributed by atoms with Crippen LogP contribution in [0.3, 0.4) is 0 Å². The molecule has 0 spiro atoms. The minimum atomic E-state index is -0.522. The lowest BCUT2D eigenvalue weighted by molar-refractivity contribution is 0.0989. The van der Waals surface area contributed by atoms with Crippen molar-refractivity contribution in [1.82, 2.24) is 18.9 Å². The summed E-state index contributed by atoms with van der Waals surface area (Å²) >= 11 is 0. The van der Waals surface area contributed by atoms with Gasteiger partial charge in [0, 0.05) is 12.4 Å². The molecule has 28 heavy (non-hydrogen) atoms. The van der Waals surface area contributed by atoms with Gasteiger partial charge in [0.2, 0.25) is 11.7 Å². The van der Waals surface area contributed by atoms with Crippen molar-refractivity contribution >= 4 is 39.3 Å². The monoisotopic (exact) mass is 372 g/mol. The molecule has 2 aromatic carbocycles. The molecule has 1 amide bonds. The maximum absolute atomic E-state index is 12.9. The number of rotatable bonds is 2. The van der Waals surface area contributed by atoms with E-state index in [0.29, 0.717) is 22.6 Å². The summed E-state index contributed by atoms with van der Waals surface area (Å²) in [5, 5.41) is 18.7. The Morgan fingerprint density at radius 2 is 1.82 bits per heavy atom. The SMILES string of the molecule is Cc1nc2n(C)c3ccccc3n2c1C(=O)N=Nc1c(O)[nH]c2ccccc12. The van der Waals surface area contributed by atoms with Crippen LogP contribution in [0.4, 0.5) is 5.69 Å². The summed E-state index contributed by atoms with van der Waals surface area (Å²) in [6, 6.07) is 15.1. The molecule has 8 nitrogen and oxygen atoms in total. The van der Waals surface area contributed by atoms with E-state index in [0.717, 1.165) is 16.6 Å². The first kappa shape index (κ1) is 16.2. The molecule has 2 N–H and O–H groups in total. The Labute approximate surface area is 158 Å². The van der Waals surface area contributed by atoms with Gasteiger partial charge in [0.25, 0.3) is 0 Å². The van der Waals surface area contributed by atoms with Crippen LogP contribution in [0.15, 0.2) is 58.8 Å². The van der Waals surface area contributed by atoms with Crippen LogP contribution < -0.4 is 0 Å². The first-order valence-electron chi connectivity index (χ1n) is 8.74. The van der Waals surface area contributed by atoms with E-state index < -0.39 is 5.91 Å². The number of azo groups is 1. The Morgan fingerprint density at radius 1 is 1.11 bits per heavy atom. The predicted molar refractivity (Wildman–Crippen MR) is 105 cm³/mol. The molecule has 5 rings (SSSR count). The Kier molecular flexibility index (Phi) is 3.35. The smallest absolute Gasteiger partial charge is 0.314 e. The molecule has 0 saturated carbocycles. The lowest BCUT2D eigenvalue weighted by atomic mass is 10.2. The molecule has 0 aliphatic rings. The largest absolute Gasteiger partial charge is 0.493 e. The average Bonchev–Trinajstić information content (AvgIpc) is 3.29. The van der Waals surface area contributed by atoms with E-state index in [1.807, 2.05) is 54.1 Å². The van der Waals surface area contributed by atoms with Gasteiger partial charge >= 0.3 is 5.91 Å². The summed E-state index contributed by atoms with van der Waals surface area (Å²) in [7, 11) is 1.91. The van der Waals surface area contributed by atoms with E-state index in [-0.39, 0.29) is 11.6 Å². The van der Waals surface area contributed by atoms with E-state index >= 15 is 0 Å². The number of hydrogen-bond donors (Lipinski definition) is 2. The highest BCUT2D eigenvalue weighted by atomic mass is 16.3. The Bertz CT molecular complexity index is 1420. The standard InChI is InChI=1S/C20H16N6O2/c1-11-17(26-15-10-6-5-9-14(15)25(2)20(26)21-11)19(28)24-23-16-12-7-3-4-8-13(12)22-18(16)27/h3-10,22,27H,1-2H3. The maximum Gasteiger partial charge on any atom is 0.314 e. The minimum Gasteiger partial charge on any atom is -0.493 e. The van der Waals surface area contributed by atoms with Crippen LogP contribution >= 0.6 is 0 Å². The lowest BCUT2D eigenvalue weighted by Gasteiger charge is -1.97. The number of aryl methyl sites for hydroxylation is 2. The van der Waals surface area contributed by atoms with Gasteiger partial charge in [-0.1, -0.05) is 30.3 Å². The number of aromatic amines is 1. The summed E-state index contributed by atoms with van der Waals surface area (Å²) in [5.74, 6) is 0.0105. The second-order valence-electron chi connectivity index (χ2n) is 6.60. The van der Waals surface area contributed by atoms with Crippen LogP contribution in [-0.4, -0.2) is 29.9 Å². The molecule has 0 aliphatic heterocycles. The molecule has 0 saturated heterocycles. The number of aromatic nitrogens is 4. The molecule has 0 fully saturated rings. The summed E-state index contributed by atoms with van der Waals surface area (Å²) in [6.07, 6.45) is 0. The van der Waals surface area contributed by atoms with Crippen molar-refractivity contribution in [1.29, 1.82) is 0 Å². The van der Waals surface area contributed by atoms with Gasteiger partial charge in [-0.15, -0.1) is 10.2 Å². The lowest BCUT2D eigenvalue weighted by Crippen LogP contribution is -2.01. The van der Waals surface area contributed by atoms with Crippen LogP contribution in [0, 0.1) is 6.92 Å².